The molecule has 0 saturated heterocycles. The van der Waals surface area contributed by atoms with Crippen molar-refractivity contribution in [1.29, 1.82) is 5.26 Å². The topological polar surface area (TPSA) is 104 Å². The fourth-order valence-electron chi connectivity index (χ4n) is 4.04. The molecule has 0 fully saturated rings. The molecule has 0 saturated carbocycles. The van der Waals surface area contributed by atoms with E-state index < -0.39 is 11.9 Å². The maximum Gasteiger partial charge on any atom is 0.349 e. The van der Waals surface area contributed by atoms with Gasteiger partial charge in [0.05, 0.1) is 12.5 Å². The van der Waals surface area contributed by atoms with Crippen LogP contribution in [0, 0.1) is 11.3 Å². The van der Waals surface area contributed by atoms with Gasteiger partial charge in [-0.2, -0.15) is 5.26 Å². The van der Waals surface area contributed by atoms with E-state index in [1.54, 1.807) is 18.2 Å². The second-order valence-electron chi connectivity index (χ2n) is 8.62. The molecule has 0 bridgehead atoms. The summed E-state index contributed by atoms with van der Waals surface area (Å²) >= 11 is 0. The quantitative estimate of drug-likeness (QED) is 0.337. The van der Waals surface area contributed by atoms with Crippen LogP contribution in [0.25, 0.3) is 0 Å². The molecule has 3 aromatic rings. The van der Waals surface area contributed by atoms with Gasteiger partial charge in [-0.15, -0.1) is 0 Å². The summed E-state index contributed by atoms with van der Waals surface area (Å²) in [5.74, 6) is 1.40. The molecule has 3 aromatic carbocycles. The fourth-order valence-corrected chi connectivity index (χ4v) is 4.04. The first-order valence-corrected chi connectivity index (χ1v) is 11.8. The summed E-state index contributed by atoms with van der Waals surface area (Å²) in [6.07, 6.45) is 0. The Morgan fingerprint density at radius 1 is 1.03 bits per heavy atom. The van der Waals surface area contributed by atoms with Crippen LogP contribution in [0.2, 0.25) is 0 Å². The predicted molar refractivity (Wildman–Crippen MR) is 135 cm³/mol. The third-order valence-electron chi connectivity index (χ3n) is 5.83. The van der Waals surface area contributed by atoms with Gasteiger partial charge >= 0.3 is 5.97 Å². The molecule has 1 atom stereocenters. The monoisotopic (exact) mass is 484 g/mol. The molecule has 7 nitrogen and oxygen atoms in total. The van der Waals surface area contributed by atoms with E-state index in [1.807, 2.05) is 55.5 Å². The van der Waals surface area contributed by atoms with E-state index in [4.69, 9.17) is 24.7 Å². The summed E-state index contributed by atoms with van der Waals surface area (Å²) in [6.45, 7) is 6.41. The van der Waals surface area contributed by atoms with Crippen molar-refractivity contribution >= 4 is 5.97 Å². The van der Waals surface area contributed by atoms with Crippen molar-refractivity contribution in [3.8, 4) is 29.1 Å². The SMILES string of the molecule is CCOc1cccc(C2C(C#N)=C(N)Oc3cc(OC(=O)COc4ccc(C(C)C)cc4)ccc32)c1. The second-order valence-corrected chi connectivity index (χ2v) is 8.62. The van der Waals surface area contributed by atoms with Crippen molar-refractivity contribution in [3.05, 3.63) is 94.9 Å². The van der Waals surface area contributed by atoms with Crippen molar-refractivity contribution in [3.63, 3.8) is 0 Å². The Balaban J connectivity index is 1.51. The molecular formula is C29H28N2O5. The minimum Gasteiger partial charge on any atom is -0.494 e. The van der Waals surface area contributed by atoms with Crippen LogP contribution in [0.3, 0.4) is 0 Å². The van der Waals surface area contributed by atoms with Crippen molar-refractivity contribution < 1.29 is 23.7 Å². The number of allylic oxidation sites excluding steroid dienone is 1. The maximum absolute atomic E-state index is 12.4. The Morgan fingerprint density at radius 2 is 1.78 bits per heavy atom. The summed E-state index contributed by atoms with van der Waals surface area (Å²) in [6, 6.07) is 22.3. The van der Waals surface area contributed by atoms with E-state index in [2.05, 4.69) is 19.9 Å². The van der Waals surface area contributed by atoms with Gasteiger partial charge in [-0.1, -0.05) is 44.2 Å². The summed E-state index contributed by atoms with van der Waals surface area (Å²) in [7, 11) is 0. The molecule has 0 radical (unpaired) electrons. The number of ether oxygens (including phenoxy) is 4. The first-order chi connectivity index (χ1) is 17.4. The van der Waals surface area contributed by atoms with E-state index in [0.717, 1.165) is 11.1 Å². The Morgan fingerprint density at radius 3 is 2.47 bits per heavy atom. The number of carbonyl (C=O) groups is 1. The van der Waals surface area contributed by atoms with Crippen LogP contribution >= 0.6 is 0 Å². The fraction of sp³-hybridized carbons (Fsp3) is 0.241. The van der Waals surface area contributed by atoms with Gasteiger partial charge in [0.15, 0.2) is 6.61 Å². The number of esters is 1. The van der Waals surface area contributed by atoms with Crippen molar-refractivity contribution in [2.75, 3.05) is 13.2 Å². The number of carbonyl (C=O) groups excluding carboxylic acids is 1. The minimum absolute atomic E-state index is 0.00784. The zero-order valence-corrected chi connectivity index (χ0v) is 20.5. The van der Waals surface area contributed by atoms with Gasteiger partial charge in [-0.05, 0) is 54.3 Å². The molecule has 1 aliphatic heterocycles. The molecule has 36 heavy (non-hydrogen) atoms. The summed E-state index contributed by atoms with van der Waals surface area (Å²) in [5, 5.41) is 9.78. The van der Waals surface area contributed by atoms with Gasteiger partial charge in [0.25, 0.3) is 0 Å². The number of nitrogens with zero attached hydrogens (tertiary/aromatic N) is 1. The molecule has 4 rings (SSSR count). The molecule has 1 heterocycles. The standard InChI is InChI=1S/C29H28N2O5/c1-4-33-22-7-5-6-20(14-22)28-24-13-12-23(15-26(24)36-29(31)25(28)16-30)35-27(32)17-34-21-10-8-19(9-11-21)18(2)3/h5-15,18,28H,4,17,31H2,1-3H3. The zero-order valence-electron chi connectivity index (χ0n) is 20.5. The van der Waals surface area contributed by atoms with Gasteiger partial charge in [0, 0.05) is 11.6 Å². The zero-order chi connectivity index (χ0) is 25.7. The molecule has 0 spiro atoms. The minimum atomic E-state index is -0.555. The molecule has 2 N–H and O–H groups in total. The van der Waals surface area contributed by atoms with E-state index in [9.17, 15) is 10.1 Å². The molecular weight excluding hydrogens is 456 g/mol. The van der Waals surface area contributed by atoms with Gasteiger partial charge in [-0.3, -0.25) is 0 Å². The van der Waals surface area contributed by atoms with E-state index in [0.29, 0.717) is 35.3 Å². The number of rotatable bonds is 8. The van der Waals surface area contributed by atoms with Crippen LogP contribution < -0.4 is 24.7 Å². The average Bonchev–Trinajstić information content (AvgIpc) is 2.87. The predicted octanol–water partition coefficient (Wildman–Crippen LogP) is 5.41. The molecule has 7 heteroatoms. The number of nitriles is 1. The lowest BCUT2D eigenvalue weighted by Crippen LogP contribution is -2.21. The van der Waals surface area contributed by atoms with Gasteiger partial charge < -0.3 is 24.7 Å². The number of benzene rings is 3. The van der Waals surface area contributed by atoms with Crippen molar-refractivity contribution in [2.45, 2.75) is 32.6 Å². The first-order valence-electron chi connectivity index (χ1n) is 11.8. The molecule has 0 aliphatic carbocycles. The Hall–Kier alpha value is -4.44. The van der Waals surface area contributed by atoms with Gasteiger partial charge in [-0.25, -0.2) is 4.79 Å². The lowest BCUT2D eigenvalue weighted by Gasteiger charge is -2.27. The third-order valence-corrected chi connectivity index (χ3v) is 5.83. The maximum atomic E-state index is 12.4. The molecule has 1 aliphatic rings. The average molecular weight is 485 g/mol. The van der Waals surface area contributed by atoms with Crippen molar-refractivity contribution in [1.82, 2.24) is 0 Å². The highest BCUT2D eigenvalue weighted by Crippen LogP contribution is 2.44. The molecule has 0 amide bonds. The van der Waals surface area contributed by atoms with Crippen LogP contribution in [0.5, 0.6) is 23.0 Å². The molecule has 0 aromatic heterocycles. The van der Waals surface area contributed by atoms with Crippen LogP contribution in [0.4, 0.5) is 0 Å². The number of hydrogen-bond donors (Lipinski definition) is 1. The molecule has 1 unspecified atom stereocenters. The summed E-state index contributed by atoms with van der Waals surface area (Å²) in [5.41, 5.74) is 9.16. The largest absolute Gasteiger partial charge is 0.494 e. The first kappa shape index (κ1) is 24.7. The number of nitrogens with two attached hydrogens (primary N) is 1. The lowest BCUT2D eigenvalue weighted by atomic mass is 9.83. The number of fused-ring (bicyclic) bond motifs is 1. The van der Waals surface area contributed by atoms with Crippen LogP contribution in [-0.4, -0.2) is 19.2 Å². The number of hydrogen-bond acceptors (Lipinski definition) is 7. The van der Waals surface area contributed by atoms with Gasteiger partial charge in [0.2, 0.25) is 5.88 Å². The smallest absolute Gasteiger partial charge is 0.349 e. The Bertz CT molecular complexity index is 1320. The van der Waals surface area contributed by atoms with E-state index in [-0.39, 0.29) is 18.2 Å². The summed E-state index contributed by atoms with van der Waals surface area (Å²) < 4.78 is 22.4. The van der Waals surface area contributed by atoms with E-state index >= 15 is 0 Å². The Kier molecular flexibility index (Phi) is 7.45. The highest BCUT2D eigenvalue weighted by atomic mass is 16.6. The summed E-state index contributed by atoms with van der Waals surface area (Å²) in [4.78, 5) is 12.4. The second kappa shape index (κ2) is 10.9. The molecule has 184 valence electrons. The van der Waals surface area contributed by atoms with Crippen LogP contribution in [-0.2, 0) is 4.79 Å². The lowest BCUT2D eigenvalue weighted by molar-refractivity contribution is -0.136. The normalized spacial score (nSPS) is 14.5. The van der Waals surface area contributed by atoms with Crippen LogP contribution in [0.1, 0.15) is 49.3 Å². The highest BCUT2D eigenvalue weighted by molar-refractivity contribution is 5.74. The van der Waals surface area contributed by atoms with Crippen LogP contribution in [0.15, 0.2) is 78.2 Å². The Labute approximate surface area is 210 Å². The van der Waals surface area contributed by atoms with E-state index in [1.165, 1.54) is 5.56 Å². The van der Waals surface area contributed by atoms with Crippen molar-refractivity contribution in [2.24, 2.45) is 5.73 Å². The van der Waals surface area contributed by atoms with Gasteiger partial charge in [0.1, 0.15) is 34.6 Å². The third kappa shape index (κ3) is 5.44. The highest BCUT2D eigenvalue weighted by Gasteiger charge is 2.31.